The highest BCUT2D eigenvalue weighted by molar-refractivity contribution is 4.92. The molecule has 0 radical (unpaired) electrons. The molecule has 11 heavy (non-hydrogen) atoms. The van der Waals surface area contributed by atoms with Crippen LogP contribution in [0.3, 0.4) is 0 Å². The molecular formula is C9H16O2. The van der Waals surface area contributed by atoms with Gasteiger partial charge in [-0.25, -0.2) is 0 Å². The summed E-state index contributed by atoms with van der Waals surface area (Å²) < 4.78 is 11.2. The molecule has 0 aliphatic carbocycles. The van der Waals surface area contributed by atoms with Crippen molar-refractivity contribution in [3.8, 4) is 0 Å². The van der Waals surface area contributed by atoms with Crippen molar-refractivity contribution >= 4 is 0 Å². The van der Waals surface area contributed by atoms with Crippen molar-refractivity contribution in [3.63, 3.8) is 0 Å². The first-order valence-electron chi connectivity index (χ1n) is 4.07. The van der Waals surface area contributed by atoms with Gasteiger partial charge in [0.15, 0.2) is 5.79 Å². The van der Waals surface area contributed by atoms with E-state index in [4.69, 9.17) is 9.47 Å². The first-order chi connectivity index (χ1) is 5.09. The van der Waals surface area contributed by atoms with Crippen LogP contribution in [-0.2, 0) is 9.47 Å². The molecule has 2 atom stereocenters. The zero-order valence-electron chi connectivity index (χ0n) is 7.46. The van der Waals surface area contributed by atoms with Gasteiger partial charge in [-0.05, 0) is 20.3 Å². The Kier molecular flexibility index (Phi) is 2.35. The molecule has 0 N–H and O–H groups in total. The third-order valence-electron chi connectivity index (χ3n) is 1.86. The van der Waals surface area contributed by atoms with Gasteiger partial charge in [0.1, 0.15) is 6.10 Å². The zero-order valence-corrected chi connectivity index (χ0v) is 7.46. The van der Waals surface area contributed by atoms with Gasteiger partial charge in [0.05, 0.1) is 6.10 Å². The van der Waals surface area contributed by atoms with Gasteiger partial charge in [-0.2, -0.15) is 0 Å². The third-order valence-corrected chi connectivity index (χ3v) is 1.86. The number of hydrogen-bond donors (Lipinski definition) is 0. The Hall–Kier alpha value is -0.340. The monoisotopic (exact) mass is 156 g/mol. The van der Waals surface area contributed by atoms with Crippen molar-refractivity contribution in [1.29, 1.82) is 0 Å². The van der Waals surface area contributed by atoms with E-state index in [1.54, 1.807) is 0 Å². The highest BCUT2D eigenvalue weighted by atomic mass is 16.7. The maximum atomic E-state index is 5.61. The molecule has 2 nitrogen and oxygen atoms in total. The average Bonchev–Trinajstić information content (AvgIpc) is 2.25. The molecule has 1 saturated heterocycles. The minimum atomic E-state index is -0.431. The topological polar surface area (TPSA) is 18.5 Å². The molecule has 64 valence electrons. The molecule has 0 aromatic rings. The molecule has 1 heterocycles. The summed E-state index contributed by atoms with van der Waals surface area (Å²) >= 11 is 0. The summed E-state index contributed by atoms with van der Waals surface area (Å²) in [4.78, 5) is 0. The van der Waals surface area contributed by atoms with Crippen LogP contribution in [0.25, 0.3) is 0 Å². The van der Waals surface area contributed by atoms with Crippen LogP contribution in [0.4, 0.5) is 0 Å². The maximum absolute atomic E-state index is 5.61. The lowest BCUT2D eigenvalue weighted by molar-refractivity contribution is -0.143. The quantitative estimate of drug-likeness (QED) is 0.570. The number of ether oxygens (including phenoxy) is 2. The largest absolute Gasteiger partial charge is 0.344 e. The Morgan fingerprint density at radius 1 is 1.45 bits per heavy atom. The molecule has 1 aliphatic rings. The van der Waals surface area contributed by atoms with Crippen LogP contribution in [-0.4, -0.2) is 18.0 Å². The fourth-order valence-electron chi connectivity index (χ4n) is 1.38. The van der Waals surface area contributed by atoms with Gasteiger partial charge in [-0.3, -0.25) is 0 Å². The number of hydrogen-bond acceptors (Lipinski definition) is 2. The first-order valence-corrected chi connectivity index (χ1v) is 4.07. The maximum Gasteiger partial charge on any atom is 0.164 e. The second-order valence-electron chi connectivity index (χ2n) is 3.28. The lowest BCUT2D eigenvalue weighted by atomic mass is 10.1. The molecule has 0 saturated carbocycles. The molecule has 1 fully saturated rings. The lowest BCUT2D eigenvalue weighted by Crippen LogP contribution is -2.21. The zero-order chi connectivity index (χ0) is 8.48. The summed E-state index contributed by atoms with van der Waals surface area (Å²) in [5.74, 6) is -0.431. The average molecular weight is 156 g/mol. The van der Waals surface area contributed by atoms with Crippen molar-refractivity contribution < 1.29 is 9.47 Å². The van der Waals surface area contributed by atoms with Crippen molar-refractivity contribution in [3.05, 3.63) is 12.7 Å². The van der Waals surface area contributed by atoms with Crippen molar-refractivity contribution in [2.75, 3.05) is 0 Å². The van der Waals surface area contributed by atoms with Crippen molar-refractivity contribution in [1.82, 2.24) is 0 Å². The van der Waals surface area contributed by atoms with Crippen molar-refractivity contribution in [2.45, 2.75) is 45.2 Å². The normalized spacial score (nSPS) is 35.5. The summed E-state index contributed by atoms with van der Waals surface area (Å²) in [5.41, 5.74) is 0. The van der Waals surface area contributed by atoms with Gasteiger partial charge in [-0.15, -0.1) is 6.58 Å². The highest BCUT2D eigenvalue weighted by Crippen LogP contribution is 2.29. The minimum Gasteiger partial charge on any atom is -0.344 e. The molecular weight excluding hydrogens is 140 g/mol. The fourth-order valence-corrected chi connectivity index (χ4v) is 1.38. The second-order valence-corrected chi connectivity index (χ2v) is 3.28. The number of rotatable bonds is 2. The Bertz CT molecular complexity index is 152. The molecule has 0 amide bonds. The second kappa shape index (κ2) is 2.95. The van der Waals surface area contributed by atoms with Gasteiger partial charge in [0.25, 0.3) is 0 Å². The van der Waals surface area contributed by atoms with Gasteiger partial charge < -0.3 is 9.47 Å². The third kappa shape index (κ3) is 1.82. The summed E-state index contributed by atoms with van der Waals surface area (Å²) in [7, 11) is 0. The highest BCUT2D eigenvalue weighted by Gasteiger charge is 2.38. The fraction of sp³-hybridized carbons (Fsp3) is 0.778. The van der Waals surface area contributed by atoms with E-state index in [0.29, 0.717) is 0 Å². The van der Waals surface area contributed by atoms with E-state index in [0.717, 1.165) is 6.42 Å². The standard InChI is InChI=1S/C9H16O2/c1-5-7-8(6-2)11-9(3,4)10-7/h5,7-8H,1,6H2,2-4H3/t7-,8+/m1/s1. The molecule has 2 heteroatoms. The molecule has 1 rings (SSSR count). The van der Waals surface area contributed by atoms with Gasteiger partial charge >= 0.3 is 0 Å². The first kappa shape index (κ1) is 8.75. The Labute approximate surface area is 68.2 Å². The van der Waals surface area contributed by atoms with Crippen LogP contribution in [0, 0.1) is 0 Å². The van der Waals surface area contributed by atoms with Crippen molar-refractivity contribution in [2.24, 2.45) is 0 Å². The minimum absolute atomic E-state index is 0.0648. The van der Waals surface area contributed by atoms with Crippen LogP contribution in [0.5, 0.6) is 0 Å². The Morgan fingerprint density at radius 2 is 2.09 bits per heavy atom. The van der Waals surface area contributed by atoms with E-state index in [1.165, 1.54) is 0 Å². The van der Waals surface area contributed by atoms with Gasteiger partial charge in [0, 0.05) is 0 Å². The predicted octanol–water partition coefficient (Wildman–Crippen LogP) is 2.10. The molecule has 0 aromatic carbocycles. The van der Waals surface area contributed by atoms with E-state index >= 15 is 0 Å². The molecule has 0 aromatic heterocycles. The summed E-state index contributed by atoms with van der Waals surface area (Å²) in [6.45, 7) is 9.65. The summed E-state index contributed by atoms with van der Waals surface area (Å²) in [5, 5.41) is 0. The Balaban J connectivity index is 2.62. The van der Waals surface area contributed by atoms with Gasteiger partial charge in [-0.1, -0.05) is 13.0 Å². The smallest absolute Gasteiger partial charge is 0.164 e. The van der Waals surface area contributed by atoms with Crippen LogP contribution < -0.4 is 0 Å². The van der Waals surface area contributed by atoms with Crippen LogP contribution in [0.2, 0.25) is 0 Å². The lowest BCUT2D eigenvalue weighted by Gasteiger charge is -2.16. The summed E-state index contributed by atoms with van der Waals surface area (Å²) in [6.07, 6.45) is 3.03. The molecule has 0 spiro atoms. The van der Waals surface area contributed by atoms with E-state index in [9.17, 15) is 0 Å². The molecule has 0 unspecified atom stereocenters. The SMILES string of the molecule is C=C[C@H]1OC(C)(C)O[C@H]1CC. The van der Waals surface area contributed by atoms with Crippen LogP contribution in [0.1, 0.15) is 27.2 Å². The van der Waals surface area contributed by atoms with E-state index < -0.39 is 5.79 Å². The Morgan fingerprint density at radius 3 is 2.45 bits per heavy atom. The van der Waals surface area contributed by atoms with Crippen LogP contribution in [0.15, 0.2) is 12.7 Å². The molecule has 1 aliphatic heterocycles. The van der Waals surface area contributed by atoms with E-state index in [2.05, 4.69) is 13.5 Å². The van der Waals surface area contributed by atoms with Crippen LogP contribution >= 0.6 is 0 Å². The van der Waals surface area contributed by atoms with E-state index in [-0.39, 0.29) is 12.2 Å². The molecule has 0 bridgehead atoms. The predicted molar refractivity (Wildman–Crippen MR) is 44.3 cm³/mol. The van der Waals surface area contributed by atoms with Gasteiger partial charge in [0.2, 0.25) is 0 Å². The van der Waals surface area contributed by atoms with E-state index in [1.807, 2.05) is 19.9 Å². The summed E-state index contributed by atoms with van der Waals surface area (Å²) in [6, 6.07) is 0.